The van der Waals surface area contributed by atoms with Crippen LogP contribution in [0, 0.1) is 0 Å². The van der Waals surface area contributed by atoms with Gasteiger partial charge in [-0.05, 0) is 24.4 Å². The van der Waals surface area contributed by atoms with Crippen LogP contribution in [0.4, 0.5) is 0 Å². The Hall–Kier alpha value is -1.05. The average molecular weight is 298 g/mol. The van der Waals surface area contributed by atoms with Crippen LogP contribution in [0.2, 0.25) is 0 Å². The fourth-order valence-corrected chi connectivity index (χ4v) is 3.03. The Kier molecular flexibility index (Phi) is 5.45. The number of β-amino-alcohol motifs (C(OH)–C–C–N with tert-alkyl or cyclic N) is 1. The van der Waals surface area contributed by atoms with E-state index in [1.165, 1.54) is 11.5 Å². The van der Waals surface area contributed by atoms with E-state index < -0.39 is 0 Å². The number of carbonyl (C=O) groups excluding carboxylic acids is 1. The van der Waals surface area contributed by atoms with Crippen molar-refractivity contribution in [3.63, 3.8) is 0 Å². The number of hydrogen-bond acceptors (Lipinski definition) is 6. The van der Waals surface area contributed by atoms with Crippen LogP contribution < -0.4 is 0 Å². The molecule has 0 radical (unpaired) electrons. The van der Waals surface area contributed by atoms with E-state index in [1.54, 1.807) is 0 Å². The summed E-state index contributed by atoms with van der Waals surface area (Å²) in [6, 6.07) is 0. The van der Waals surface area contributed by atoms with Crippen molar-refractivity contribution < 1.29 is 9.90 Å². The van der Waals surface area contributed by atoms with E-state index in [9.17, 15) is 9.90 Å². The number of rotatable bonds is 5. The number of hydrogen-bond donors (Lipinski definition) is 1. The zero-order valence-corrected chi connectivity index (χ0v) is 12.9. The van der Waals surface area contributed by atoms with Crippen LogP contribution >= 0.6 is 11.5 Å². The second-order valence-corrected chi connectivity index (χ2v) is 5.81. The molecule has 1 atom stereocenters. The number of aliphatic hydroxyl groups excluding tert-OH is 1. The topological polar surface area (TPSA) is 69.6 Å². The van der Waals surface area contributed by atoms with Gasteiger partial charge < -0.3 is 10.0 Å². The molecule has 1 aliphatic rings. The molecule has 1 saturated heterocycles. The van der Waals surface area contributed by atoms with E-state index in [0.717, 1.165) is 31.6 Å². The van der Waals surface area contributed by atoms with Crippen LogP contribution in [-0.4, -0.2) is 69.2 Å². The van der Waals surface area contributed by atoms with E-state index in [0.29, 0.717) is 24.5 Å². The van der Waals surface area contributed by atoms with Crippen molar-refractivity contribution >= 4 is 17.4 Å². The van der Waals surface area contributed by atoms with Crippen LogP contribution in [-0.2, 0) is 6.42 Å². The SMILES string of the molecule is CCc1nnsc1C(=O)N1CCN(C[C@H](O)CC)CC1. The summed E-state index contributed by atoms with van der Waals surface area (Å²) < 4.78 is 3.87. The third kappa shape index (κ3) is 3.53. The van der Waals surface area contributed by atoms with Crippen LogP contribution in [0.5, 0.6) is 0 Å². The molecule has 7 heteroatoms. The predicted molar refractivity (Wildman–Crippen MR) is 77.9 cm³/mol. The molecule has 6 nitrogen and oxygen atoms in total. The molecule has 0 unspecified atom stereocenters. The highest BCUT2D eigenvalue weighted by molar-refractivity contribution is 7.08. The second-order valence-electron chi connectivity index (χ2n) is 5.06. The number of piperazine rings is 1. The van der Waals surface area contributed by atoms with Gasteiger partial charge in [0, 0.05) is 32.7 Å². The Balaban J connectivity index is 1.89. The first-order chi connectivity index (χ1) is 9.65. The fourth-order valence-electron chi connectivity index (χ4n) is 2.31. The van der Waals surface area contributed by atoms with Crippen molar-refractivity contribution in [1.29, 1.82) is 0 Å². The maximum atomic E-state index is 12.4. The summed E-state index contributed by atoms with van der Waals surface area (Å²) in [5.74, 6) is 0.0486. The lowest BCUT2D eigenvalue weighted by Gasteiger charge is -2.35. The minimum absolute atomic E-state index is 0.0486. The van der Waals surface area contributed by atoms with Gasteiger partial charge in [-0.2, -0.15) is 0 Å². The smallest absolute Gasteiger partial charge is 0.267 e. The maximum absolute atomic E-state index is 12.4. The van der Waals surface area contributed by atoms with Crippen molar-refractivity contribution in [1.82, 2.24) is 19.4 Å². The largest absolute Gasteiger partial charge is 0.392 e. The monoisotopic (exact) mass is 298 g/mol. The van der Waals surface area contributed by atoms with Crippen molar-refractivity contribution in [3.8, 4) is 0 Å². The van der Waals surface area contributed by atoms with Crippen molar-refractivity contribution in [2.45, 2.75) is 32.8 Å². The Morgan fingerprint density at radius 3 is 2.65 bits per heavy atom. The quantitative estimate of drug-likeness (QED) is 0.863. The third-order valence-electron chi connectivity index (χ3n) is 3.68. The molecule has 0 spiro atoms. The molecule has 1 N–H and O–H groups in total. The number of nitrogens with zero attached hydrogens (tertiary/aromatic N) is 4. The molecule has 1 aromatic heterocycles. The zero-order valence-electron chi connectivity index (χ0n) is 12.1. The van der Waals surface area contributed by atoms with Gasteiger partial charge in [0.25, 0.3) is 5.91 Å². The van der Waals surface area contributed by atoms with Gasteiger partial charge in [0.1, 0.15) is 4.88 Å². The molecular weight excluding hydrogens is 276 g/mol. The standard InChI is InChI=1S/C13H22N4O2S/c1-3-10(18)9-16-5-7-17(8-6-16)13(19)12-11(4-2)14-15-20-12/h10,18H,3-9H2,1-2H3/t10-/m1/s1. The molecule has 20 heavy (non-hydrogen) atoms. The Morgan fingerprint density at radius 2 is 2.05 bits per heavy atom. The second kappa shape index (κ2) is 7.10. The molecule has 0 bridgehead atoms. The van der Waals surface area contributed by atoms with E-state index in [4.69, 9.17) is 0 Å². The number of aromatic nitrogens is 2. The van der Waals surface area contributed by atoms with E-state index in [1.807, 2.05) is 18.7 Å². The summed E-state index contributed by atoms with van der Waals surface area (Å²) in [7, 11) is 0. The summed E-state index contributed by atoms with van der Waals surface area (Å²) >= 11 is 1.19. The Bertz CT molecular complexity index is 443. The maximum Gasteiger partial charge on any atom is 0.267 e. The molecule has 2 heterocycles. The lowest BCUT2D eigenvalue weighted by molar-refractivity contribution is 0.0526. The minimum Gasteiger partial charge on any atom is -0.392 e. The normalized spacial score (nSPS) is 18.2. The molecule has 2 rings (SSSR count). The zero-order chi connectivity index (χ0) is 14.5. The van der Waals surface area contributed by atoms with Crippen LogP contribution in [0.3, 0.4) is 0 Å². The van der Waals surface area contributed by atoms with E-state index >= 15 is 0 Å². The summed E-state index contributed by atoms with van der Waals surface area (Å²) in [5.41, 5.74) is 0.795. The minimum atomic E-state index is -0.269. The summed E-state index contributed by atoms with van der Waals surface area (Å²) in [5, 5.41) is 13.7. The summed E-state index contributed by atoms with van der Waals surface area (Å²) in [6.45, 7) is 7.70. The van der Waals surface area contributed by atoms with Gasteiger partial charge in [-0.15, -0.1) is 5.10 Å². The molecular formula is C13H22N4O2S. The first kappa shape index (κ1) is 15.3. The van der Waals surface area contributed by atoms with Crippen LogP contribution in [0.1, 0.15) is 35.6 Å². The first-order valence-electron chi connectivity index (χ1n) is 7.16. The predicted octanol–water partition coefficient (Wildman–Crippen LogP) is 0.629. The highest BCUT2D eigenvalue weighted by Gasteiger charge is 2.26. The van der Waals surface area contributed by atoms with Gasteiger partial charge in [-0.3, -0.25) is 9.69 Å². The van der Waals surface area contributed by atoms with Gasteiger partial charge in [0.2, 0.25) is 0 Å². The van der Waals surface area contributed by atoms with Crippen molar-refractivity contribution in [2.24, 2.45) is 0 Å². The summed E-state index contributed by atoms with van der Waals surface area (Å²) in [6.07, 6.45) is 1.24. The third-order valence-corrected chi connectivity index (χ3v) is 4.44. The van der Waals surface area contributed by atoms with Gasteiger partial charge in [-0.1, -0.05) is 18.3 Å². The van der Waals surface area contributed by atoms with Crippen molar-refractivity contribution in [3.05, 3.63) is 10.6 Å². The highest BCUT2D eigenvalue weighted by atomic mass is 32.1. The van der Waals surface area contributed by atoms with Gasteiger partial charge in [-0.25, -0.2) is 0 Å². The molecule has 1 aromatic rings. The molecule has 1 aliphatic heterocycles. The number of aryl methyl sites for hydroxylation is 1. The average Bonchev–Trinajstić information content (AvgIpc) is 2.95. The van der Waals surface area contributed by atoms with E-state index in [-0.39, 0.29) is 12.0 Å². The molecule has 0 saturated carbocycles. The highest BCUT2D eigenvalue weighted by Crippen LogP contribution is 2.16. The molecule has 0 aliphatic carbocycles. The number of aliphatic hydroxyl groups is 1. The number of carbonyl (C=O) groups is 1. The van der Waals surface area contributed by atoms with Gasteiger partial charge in [0.15, 0.2) is 0 Å². The molecule has 112 valence electrons. The van der Waals surface area contributed by atoms with Crippen molar-refractivity contribution in [2.75, 3.05) is 32.7 Å². The first-order valence-corrected chi connectivity index (χ1v) is 7.94. The van der Waals surface area contributed by atoms with Crippen LogP contribution in [0.15, 0.2) is 0 Å². The fraction of sp³-hybridized carbons (Fsp3) is 0.769. The van der Waals surface area contributed by atoms with Gasteiger partial charge >= 0.3 is 0 Å². The van der Waals surface area contributed by atoms with E-state index in [2.05, 4.69) is 14.5 Å². The molecule has 1 amide bonds. The molecule has 0 aromatic carbocycles. The Labute approximate surface area is 123 Å². The lowest BCUT2D eigenvalue weighted by Crippen LogP contribution is -2.50. The number of amides is 1. The Morgan fingerprint density at radius 1 is 1.35 bits per heavy atom. The van der Waals surface area contributed by atoms with Crippen LogP contribution in [0.25, 0.3) is 0 Å². The lowest BCUT2D eigenvalue weighted by atomic mass is 10.2. The molecule has 1 fully saturated rings. The summed E-state index contributed by atoms with van der Waals surface area (Å²) in [4.78, 5) is 17.2. The van der Waals surface area contributed by atoms with Gasteiger partial charge in [0.05, 0.1) is 11.8 Å².